The fourth-order valence-corrected chi connectivity index (χ4v) is 1.25. The predicted molar refractivity (Wildman–Crippen MR) is 49.9 cm³/mol. The molecule has 0 spiro atoms. The Bertz CT molecular complexity index is 284. The van der Waals surface area contributed by atoms with Gasteiger partial charge in [0.15, 0.2) is 0 Å². The molecule has 0 heterocycles. The van der Waals surface area contributed by atoms with Crippen LogP contribution in [0.4, 0.5) is 4.39 Å². The number of halogens is 1. The monoisotopic (exact) mass is 183 g/mol. The number of benzene rings is 1. The SMILES string of the molecule is CNC(OC)c1ccc(F)c(C)c1. The zero-order valence-electron chi connectivity index (χ0n) is 8.10. The van der Waals surface area contributed by atoms with E-state index in [9.17, 15) is 4.39 Å². The van der Waals surface area contributed by atoms with Gasteiger partial charge in [0.05, 0.1) is 0 Å². The van der Waals surface area contributed by atoms with E-state index in [-0.39, 0.29) is 12.0 Å². The molecule has 0 aromatic heterocycles. The quantitative estimate of drug-likeness (QED) is 0.724. The molecule has 1 aromatic rings. The van der Waals surface area contributed by atoms with E-state index in [0.717, 1.165) is 5.56 Å². The number of rotatable bonds is 3. The van der Waals surface area contributed by atoms with Crippen molar-refractivity contribution in [3.8, 4) is 0 Å². The summed E-state index contributed by atoms with van der Waals surface area (Å²) in [4.78, 5) is 0. The van der Waals surface area contributed by atoms with Gasteiger partial charge in [-0.25, -0.2) is 4.39 Å². The van der Waals surface area contributed by atoms with Crippen LogP contribution in [0.3, 0.4) is 0 Å². The van der Waals surface area contributed by atoms with Crippen LogP contribution in [0, 0.1) is 12.7 Å². The highest BCUT2D eigenvalue weighted by Crippen LogP contribution is 2.16. The number of aryl methyl sites for hydroxylation is 1. The van der Waals surface area contributed by atoms with Crippen LogP contribution < -0.4 is 5.32 Å². The molecular formula is C10H14FNO. The van der Waals surface area contributed by atoms with Crippen LogP contribution >= 0.6 is 0 Å². The van der Waals surface area contributed by atoms with Crippen molar-refractivity contribution in [2.75, 3.05) is 14.2 Å². The van der Waals surface area contributed by atoms with Gasteiger partial charge in [-0.2, -0.15) is 0 Å². The van der Waals surface area contributed by atoms with Gasteiger partial charge in [-0.3, -0.25) is 5.32 Å². The number of ether oxygens (including phenoxy) is 1. The van der Waals surface area contributed by atoms with E-state index in [1.165, 1.54) is 6.07 Å². The third-order valence-electron chi connectivity index (χ3n) is 1.98. The zero-order valence-corrected chi connectivity index (χ0v) is 8.10. The fourth-order valence-electron chi connectivity index (χ4n) is 1.25. The normalized spacial score (nSPS) is 12.9. The Morgan fingerprint density at radius 1 is 1.46 bits per heavy atom. The molecule has 1 unspecified atom stereocenters. The minimum Gasteiger partial charge on any atom is -0.362 e. The summed E-state index contributed by atoms with van der Waals surface area (Å²) in [5.74, 6) is -0.185. The molecule has 0 bridgehead atoms. The van der Waals surface area contributed by atoms with Crippen LogP contribution in [-0.2, 0) is 4.74 Å². The lowest BCUT2D eigenvalue weighted by Crippen LogP contribution is -2.18. The van der Waals surface area contributed by atoms with E-state index in [0.29, 0.717) is 5.56 Å². The van der Waals surface area contributed by atoms with E-state index < -0.39 is 0 Å². The Hall–Kier alpha value is -0.930. The summed E-state index contributed by atoms with van der Waals surface area (Å²) in [6.07, 6.45) is -0.167. The Morgan fingerprint density at radius 3 is 2.62 bits per heavy atom. The van der Waals surface area contributed by atoms with Gasteiger partial charge in [0.25, 0.3) is 0 Å². The maximum atomic E-state index is 12.9. The molecule has 0 radical (unpaired) electrons. The standard InChI is InChI=1S/C10H14FNO/c1-7-6-8(4-5-9(7)11)10(12-2)13-3/h4-6,10,12H,1-3H3. The molecule has 0 amide bonds. The van der Waals surface area contributed by atoms with Crippen LogP contribution in [-0.4, -0.2) is 14.2 Å². The van der Waals surface area contributed by atoms with E-state index in [2.05, 4.69) is 5.32 Å². The van der Waals surface area contributed by atoms with Crippen molar-refractivity contribution < 1.29 is 9.13 Å². The molecular weight excluding hydrogens is 169 g/mol. The minimum atomic E-state index is -0.185. The number of hydrogen-bond acceptors (Lipinski definition) is 2. The molecule has 13 heavy (non-hydrogen) atoms. The molecule has 1 N–H and O–H groups in total. The molecule has 0 aliphatic rings. The maximum absolute atomic E-state index is 12.9. The van der Waals surface area contributed by atoms with Gasteiger partial charge in [0.2, 0.25) is 0 Å². The van der Waals surface area contributed by atoms with Crippen molar-refractivity contribution in [1.82, 2.24) is 5.32 Å². The summed E-state index contributed by atoms with van der Waals surface area (Å²) in [5.41, 5.74) is 1.57. The Balaban J connectivity index is 2.95. The van der Waals surface area contributed by atoms with Gasteiger partial charge in [0, 0.05) is 7.11 Å². The Kier molecular flexibility index (Phi) is 3.39. The van der Waals surface area contributed by atoms with Crippen LogP contribution in [0.15, 0.2) is 18.2 Å². The fraction of sp³-hybridized carbons (Fsp3) is 0.400. The molecule has 0 fully saturated rings. The van der Waals surface area contributed by atoms with Gasteiger partial charge in [-0.05, 0) is 37.2 Å². The lowest BCUT2D eigenvalue weighted by Gasteiger charge is -2.14. The highest BCUT2D eigenvalue weighted by atomic mass is 19.1. The first-order chi connectivity index (χ1) is 6.19. The second kappa shape index (κ2) is 4.35. The van der Waals surface area contributed by atoms with Crippen molar-refractivity contribution >= 4 is 0 Å². The maximum Gasteiger partial charge on any atom is 0.133 e. The predicted octanol–water partition coefficient (Wildman–Crippen LogP) is 2.00. The van der Waals surface area contributed by atoms with Crippen molar-refractivity contribution in [2.24, 2.45) is 0 Å². The van der Waals surface area contributed by atoms with Gasteiger partial charge >= 0.3 is 0 Å². The second-order valence-electron chi connectivity index (χ2n) is 2.91. The van der Waals surface area contributed by atoms with Gasteiger partial charge in [0.1, 0.15) is 12.0 Å². The van der Waals surface area contributed by atoms with Gasteiger partial charge in [-0.1, -0.05) is 6.07 Å². The van der Waals surface area contributed by atoms with E-state index >= 15 is 0 Å². The van der Waals surface area contributed by atoms with Crippen molar-refractivity contribution in [3.63, 3.8) is 0 Å². The lowest BCUT2D eigenvalue weighted by molar-refractivity contribution is 0.0808. The molecule has 2 nitrogen and oxygen atoms in total. The highest BCUT2D eigenvalue weighted by molar-refractivity contribution is 5.25. The van der Waals surface area contributed by atoms with Crippen LogP contribution in [0.1, 0.15) is 17.4 Å². The molecule has 3 heteroatoms. The van der Waals surface area contributed by atoms with E-state index in [1.807, 2.05) is 0 Å². The summed E-state index contributed by atoms with van der Waals surface area (Å²) >= 11 is 0. The first-order valence-electron chi connectivity index (χ1n) is 4.15. The first kappa shape index (κ1) is 10.2. The average Bonchev–Trinajstić information content (AvgIpc) is 2.13. The van der Waals surface area contributed by atoms with Crippen LogP contribution in [0.2, 0.25) is 0 Å². The Labute approximate surface area is 77.7 Å². The first-order valence-corrected chi connectivity index (χ1v) is 4.15. The third-order valence-corrected chi connectivity index (χ3v) is 1.98. The molecule has 0 aliphatic carbocycles. The Morgan fingerprint density at radius 2 is 2.15 bits per heavy atom. The number of hydrogen-bond donors (Lipinski definition) is 1. The van der Waals surface area contributed by atoms with Crippen molar-refractivity contribution in [3.05, 3.63) is 35.1 Å². The topological polar surface area (TPSA) is 21.3 Å². The lowest BCUT2D eigenvalue weighted by atomic mass is 10.1. The van der Waals surface area contributed by atoms with Gasteiger partial charge in [-0.15, -0.1) is 0 Å². The molecule has 0 saturated heterocycles. The number of methoxy groups -OCH3 is 1. The smallest absolute Gasteiger partial charge is 0.133 e. The van der Waals surface area contributed by atoms with Crippen molar-refractivity contribution in [2.45, 2.75) is 13.2 Å². The summed E-state index contributed by atoms with van der Waals surface area (Å²) in [5, 5.41) is 2.97. The molecule has 0 saturated carbocycles. The van der Waals surface area contributed by atoms with Crippen LogP contribution in [0.25, 0.3) is 0 Å². The second-order valence-corrected chi connectivity index (χ2v) is 2.91. The van der Waals surface area contributed by atoms with Crippen molar-refractivity contribution in [1.29, 1.82) is 0 Å². The summed E-state index contributed by atoms with van der Waals surface area (Å²) < 4.78 is 18.1. The van der Waals surface area contributed by atoms with E-state index in [4.69, 9.17) is 4.74 Å². The molecule has 1 rings (SSSR count). The minimum absolute atomic E-state index is 0.167. The third kappa shape index (κ3) is 2.26. The molecule has 0 aliphatic heterocycles. The van der Waals surface area contributed by atoms with Crippen LogP contribution in [0.5, 0.6) is 0 Å². The average molecular weight is 183 g/mol. The van der Waals surface area contributed by atoms with Gasteiger partial charge < -0.3 is 4.74 Å². The molecule has 1 aromatic carbocycles. The largest absolute Gasteiger partial charge is 0.362 e. The summed E-state index contributed by atoms with van der Waals surface area (Å²) in [7, 11) is 3.41. The summed E-state index contributed by atoms with van der Waals surface area (Å²) in [6.45, 7) is 1.74. The highest BCUT2D eigenvalue weighted by Gasteiger charge is 2.08. The summed E-state index contributed by atoms with van der Waals surface area (Å²) in [6, 6.07) is 4.95. The zero-order chi connectivity index (χ0) is 9.84. The molecule has 72 valence electrons. The van der Waals surface area contributed by atoms with E-state index in [1.54, 1.807) is 33.2 Å². The number of nitrogens with one attached hydrogen (secondary N) is 1. The molecule has 1 atom stereocenters.